The highest BCUT2D eigenvalue weighted by molar-refractivity contribution is 7.99. The molecule has 1 N–H and O–H groups in total. The van der Waals surface area contributed by atoms with E-state index < -0.39 is 4.92 Å². The number of aliphatic hydroxyl groups excluding tert-OH is 1. The fourth-order valence-electron chi connectivity index (χ4n) is 1.58. The largest absolute Gasteiger partial charge is 0.396 e. The highest BCUT2D eigenvalue weighted by atomic mass is 32.2. The molecule has 1 aromatic carbocycles. The molecule has 1 heterocycles. The number of rotatable bonds is 4. The van der Waals surface area contributed by atoms with E-state index in [1.54, 1.807) is 30.7 Å². The average molecular weight is 279 g/mol. The molecular formula is C12H13N3O3S. The maximum Gasteiger partial charge on any atom is 0.396 e. The Morgan fingerprint density at radius 1 is 1.42 bits per heavy atom. The van der Waals surface area contributed by atoms with E-state index in [2.05, 4.69) is 4.98 Å². The number of aliphatic hydroxyl groups is 1. The van der Waals surface area contributed by atoms with Crippen molar-refractivity contribution in [1.29, 1.82) is 0 Å². The lowest BCUT2D eigenvalue weighted by Crippen LogP contribution is -1.94. The average Bonchev–Trinajstić information content (AvgIpc) is 2.68. The normalized spacial score (nSPS) is 10.7. The molecule has 6 nitrogen and oxygen atoms in total. The summed E-state index contributed by atoms with van der Waals surface area (Å²) in [5.41, 5.74) is 0.806. The summed E-state index contributed by atoms with van der Waals surface area (Å²) in [7, 11) is 1.75. The summed E-state index contributed by atoms with van der Waals surface area (Å²) in [6.45, 7) is 1.71. The summed E-state index contributed by atoms with van der Waals surface area (Å²) in [6.07, 6.45) is 0. The molecule has 0 saturated carbocycles. The second-order valence-corrected chi connectivity index (χ2v) is 5.07. The van der Waals surface area contributed by atoms with E-state index in [1.165, 1.54) is 11.8 Å². The molecule has 7 heteroatoms. The van der Waals surface area contributed by atoms with E-state index in [1.807, 2.05) is 12.1 Å². The van der Waals surface area contributed by atoms with Gasteiger partial charge in [-0.25, -0.2) is 0 Å². The van der Waals surface area contributed by atoms with E-state index in [9.17, 15) is 10.1 Å². The molecule has 0 saturated heterocycles. The fraction of sp³-hybridized carbons (Fsp3) is 0.250. The number of hydrogen-bond donors (Lipinski definition) is 1. The Morgan fingerprint density at radius 3 is 2.58 bits per heavy atom. The van der Waals surface area contributed by atoms with Crippen molar-refractivity contribution in [2.75, 3.05) is 0 Å². The molecule has 100 valence electrons. The first kappa shape index (κ1) is 13.6. The van der Waals surface area contributed by atoms with Gasteiger partial charge in [-0.05, 0) is 27.6 Å². The van der Waals surface area contributed by atoms with Crippen LogP contribution in [0.3, 0.4) is 0 Å². The summed E-state index contributed by atoms with van der Waals surface area (Å²) in [5, 5.41) is 20.4. The quantitative estimate of drug-likeness (QED) is 0.686. The van der Waals surface area contributed by atoms with Crippen LogP contribution in [-0.4, -0.2) is 19.6 Å². The van der Waals surface area contributed by atoms with Crippen LogP contribution in [0.1, 0.15) is 11.4 Å². The Hall–Kier alpha value is -1.86. The Balaban J connectivity index is 2.34. The lowest BCUT2D eigenvalue weighted by Gasteiger charge is -2.03. The van der Waals surface area contributed by atoms with E-state index >= 15 is 0 Å². The maximum atomic E-state index is 11.0. The van der Waals surface area contributed by atoms with Crippen LogP contribution in [0.4, 0.5) is 5.82 Å². The minimum absolute atomic E-state index is 0.0179. The maximum absolute atomic E-state index is 11.0. The van der Waals surface area contributed by atoms with E-state index in [-0.39, 0.29) is 12.4 Å². The molecule has 0 radical (unpaired) electrons. The van der Waals surface area contributed by atoms with Gasteiger partial charge in [0.15, 0.2) is 5.03 Å². The second kappa shape index (κ2) is 5.41. The van der Waals surface area contributed by atoms with E-state index in [0.717, 1.165) is 10.5 Å². The van der Waals surface area contributed by atoms with Crippen molar-refractivity contribution in [3.05, 3.63) is 45.8 Å². The number of nitro groups is 1. The summed E-state index contributed by atoms with van der Waals surface area (Å²) in [5.74, 6) is 0.470. The van der Waals surface area contributed by atoms with Crippen molar-refractivity contribution in [3.8, 4) is 0 Å². The number of imidazole rings is 1. The third-order valence-electron chi connectivity index (χ3n) is 2.74. The molecule has 1 aromatic heterocycles. The van der Waals surface area contributed by atoms with Gasteiger partial charge in [-0.2, -0.15) is 0 Å². The molecule has 0 amide bonds. The van der Waals surface area contributed by atoms with Crippen LogP contribution in [0, 0.1) is 17.0 Å². The fourth-order valence-corrected chi connectivity index (χ4v) is 2.56. The van der Waals surface area contributed by atoms with Crippen molar-refractivity contribution < 1.29 is 10.0 Å². The lowest BCUT2D eigenvalue weighted by molar-refractivity contribution is -0.392. The molecule has 0 spiro atoms. The minimum atomic E-state index is -0.475. The third kappa shape index (κ3) is 2.77. The van der Waals surface area contributed by atoms with Crippen molar-refractivity contribution in [1.82, 2.24) is 9.55 Å². The molecule has 0 aliphatic heterocycles. The Bertz CT molecular complexity index is 607. The van der Waals surface area contributed by atoms with Crippen LogP contribution < -0.4 is 0 Å². The van der Waals surface area contributed by atoms with Crippen LogP contribution in [-0.2, 0) is 13.7 Å². The van der Waals surface area contributed by atoms with Gasteiger partial charge in [0.2, 0.25) is 5.82 Å². The molecule has 0 aliphatic rings. The molecule has 0 bridgehead atoms. The summed E-state index contributed by atoms with van der Waals surface area (Å²) in [4.78, 5) is 15.3. The highest BCUT2D eigenvalue weighted by Gasteiger charge is 2.24. The summed E-state index contributed by atoms with van der Waals surface area (Å²) >= 11 is 1.29. The van der Waals surface area contributed by atoms with Gasteiger partial charge >= 0.3 is 5.82 Å². The molecule has 2 rings (SSSR count). The zero-order valence-corrected chi connectivity index (χ0v) is 11.3. The predicted molar refractivity (Wildman–Crippen MR) is 71.1 cm³/mol. The monoisotopic (exact) mass is 279 g/mol. The van der Waals surface area contributed by atoms with Crippen molar-refractivity contribution in [2.45, 2.75) is 23.5 Å². The zero-order chi connectivity index (χ0) is 14.0. The van der Waals surface area contributed by atoms with Crippen LogP contribution in [0.2, 0.25) is 0 Å². The predicted octanol–water partition coefficient (Wildman–Crippen LogP) is 2.28. The van der Waals surface area contributed by atoms with Gasteiger partial charge in [0.25, 0.3) is 0 Å². The topological polar surface area (TPSA) is 81.2 Å². The van der Waals surface area contributed by atoms with Gasteiger partial charge in [0.05, 0.1) is 6.61 Å². The first-order chi connectivity index (χ1) is 9.02. The minimum Gasteiger partial charge on any atom is -0.392 e. The van der Waals surface area contributed by atoms with Gasteiger partial charge in [0.1, 0.15) is 0 Å². The Kier molecular flexibility index (Phi) is 3.87. The van der Waals surface area contributed by atoms with Gasteiger partial charge in [-0.1, -0.05) is 23.9 Å². The van der Waals surface area contributed by atoms with E-state index in [4.69, 9.17) is 5.11 Å². The number of aryl methyl sites for hydroxylation is 1. The first-order valence-electron chi connectivity index (χ1n) is 5.58. The van der Waals surface area contributed by atoms with Gasteiger partial charge in [-0.3, -0.25) is 4.57 Å². The molecule has 2 aromatic rings. The standard InChI is InChI=1S/C12H13N3O3S/c1-8-13-11(15(17)18)12(14(8)2)19-10-5-3-9(7-16)4-6-10/h3-6,16H,7H2,1-2H3. The number of hydrogen-bond acceptors (Lipinski definition) is 5. The first-order valence-corrected chi connectivity index (χ1v) is 6.40. The molecule has 0 fully saturated rings. The highest BCUT2D eigenvalue weighted by Crippen LogP contribution is 2.34. The summed E-state index contributed by atoms with van der Waals surface area (Å²) in [6, 6.07) is 7.22. The number of nitrogens with zero attached hydrogens (tertiary/aromatic N) is 3. The van der Waals surface area contributed by atoms with Crippen molar-refractivity contribution in [3.63, 3.8) is 0 Å². The molecule has 0 unspecified atom stereocenters. The number of aromatic nitrogens is 2. The molecule has 19 heavy (non-hydrogen) atoms. The van der Waals surface area contributed by atoms with Gasteiger partial charge in [-0.15, -0.1) is 0 Å². The zero-order valence-electron chi connectivity index (χ0n) is 10.5. The van der Waals surface area contributed by atoms with Gasteiger partial charge in [0, 0.05) is 18.9 Å². The SMILES string of the molecule is Cc1nc([N+](=O)[O-])c(Sc2ccc(CO)cc2)n1C. The molecule has 0 aliphatic carbocycles. The van der Waals surface area contributed by atoms with Crippen molar-refractivity contribution >= 4 is 17.6 Å². The second-order valence-electron chi connectivity index (χ2n) is 4.01. The number of benzene rings is 1. The van der Waals surface area contributed by atoms with Crippen LogP contribution in [0.5, 0.6) is 0 Å². The smallest absolute Gasteiger partial charge is 0.392 e. The summed E-state index contributed by atoms with van der Waals surface area (Å²) < 4.78 is 1.70. The molecular weight excluding hydrogens is 266 g/mol. The van der Waals surface area contributed by atoms with E-state index in [0.29, 0.717) is 10.9 Å². The van der Waals surface area contributed by atoms with Crippen LogP contribution in [0.25, 0.3) is 0 Å². The molecule has 0 atom stereocenters. The Labute approximate surface area is 114 Å². The van der Waals surface area contributed by atoms with Gasteiger partial charge < -0.3 is 15.2 Å². The van der Waals surface area contributed by atoms with Crippen molar-refractivity contribution in [2.24, 2.45) is 7.05 Å². The lowest BCUT2D eigenvalue weighted by atomic mass is 10.2. The Morgan fingerprint density at radius 2 is 2.05 bits per heavy atom. The third-order valence-corrected chi connectivity index (χ3v) is 3.90. The van der Waals surface area contributed by atoms with Crippen LogP contribution in [0.15, 0.2) is 34.2 Å². The van der Waals surface area contributed by atoms with Crippen LogP contribution >= 0.6 is 11.8 Å².